The van der Waals surface area contributed by atoms with Crippen LogP contribution in [0.1, 0.15) is 109 Å². The zero-order valence-electron chi connectivity index (χ0n) is 41.1. The fourth-order valence-corrected chi connectivity index (χ4v) is 9.08. The minimum absolute atomic E-state index is 0.101. The van der Waals surface area contributed by atoms with Crippen molar-refractivity contribution in [3.8, 4) is 0 Å². The molecule has 0 aromatic heterocycles. The third-order valence-corrected chi connectivity index (χ3v) is 12.7. The topological polar surface area (TPSA) is 199 Å². The van der Waals surface area contributed by atoms with Gasteiger partial charge in [0.2, 0.25) is 11.8 Å². The van der Waals surface area contributed by atoms with E-state index >= 15 is 0 Å². The molecular weight excluding hydrogens is 861 g/mol. The second kappa shape index (κ2) is 25.2. The molecule has 2 aliphatic rings. The fraction of sp³-hybridized carbons (Fsp3) is 0.481. The van der Waals surface area contributed by atoms with Crippen LogP contribution in [0.3, 0.4) is 0 Å². The molecule has 0 heterocycles. The Morgan fingerprint density at radius 2 is 0.971 bits per heavy atom. The van der Waals surface area contributed by atoms with E-state index in [2.05, 4.69) is 31.9 Å². The molecule has 4 aromatic carbocycles. The number of hydrogen-bond donors (Lipinski definition) is 8. The highest BCUT2D eigenvalue weighted by atomic mass is 16.5. The van der Waals surface area contributed by atoms with Crippen LogP contribution in [0.5, 0.6) is 0 Å². The summed E-state index contributed by atoms with van der Waals surface area (Å²) in [5.74, 6) is -0.0996. The molecule has 0 saturated heterocycles. The first kappa shape index (κ1) is 53.5. The normalized spacial score (nSPS) is 18.6. The number of amides is 2. The van der Waals surface area contributed by atoms with Gasteiger partial charge in [-0.05, 0) is 84.3 Å². The van der Waals surface area contributed by atoms with Crippen molar-refractivity contribution in [2.24, 2.45) is 10.8 Å². The third-order valence-electron chi connectivity index (χ3n) is 12.7. The first-order chi connectivity index (χ1) is 32.4. The number of aliphatic hydroxyl groups excluding tert-OH is 2. The number of nitrogens with one attached hydrogen (secondary N) is 6. The van der Waals surface area contributed by atoms with Gasteiger partial charge in [0.05, 0.1) is 37.5 Å². The van der Waals surface area contributed by atoms with Crippen LogP contribution in [0.2, 0.25) is 0 Å². The first-order valence-electron chi connectivity index (χ1n) is 23.7. The molecule has 0 bridgehead atoms. The molecule has 0 aliphatic heterocycles. The standard InChI is InChI=1S/2C27H37N3O4/c2*1-18(31)30-23(14-19-8-6-5-7-9-19)25(32)17-29-24-16-27(2,3)26(33)21-11-10-20(15-22(21)24)28-12-13-34-4/h2*5-11,15,23-25,28-29,32H,12-14,16-17H2,1-4H3,(H,30,31)/t23-,24+,25+;23-,24-,25+/m00/s1. The van der Waals surface area contributed by atoms with E-state index in [1.54, 1.807) is 14.2 Å². The monoisotopic (exact) mass is 935 g/mol. The lowest BCUT2D eigenvalue weighted by molar-refractivity contribution is -0.121. The molecule has 368 valence electrons. The van der Waals surface area contributed by atoms with E-state index in [1.165, 1.54) is 13.8 Å². The second-order valence-electron chi connectivity index (χ2n) is 19.3. The molecule has 2 amide bonds. The minimum atomic E-state index is -0.795. The molecule has 8 N–H and O–H groups in total. The molecule has 0 spiro atoms. The van der Waals surface area contributed by atoms with Crippen molar-refractivity contribution in [3.05, 3.63) is 130 Å². The highest BCUT2D eigenvalue weighted by Gasteiger charge is 2.41. The van der Waals surface area contributed by atoms with Gasteiger partial charge in [-0.3, -0.25) is 19.2 Å². The fourth-order valence-electron chi connectivity index (χ4n) is 9.08. The molecule has 68 heavy (non-hydrogen) atoms. The maximum atomic E-state index is 13.1. The average Bonchev–Trinajstić information content (AvgIpc) is 3.30. The molecule has 6 atom stereocenters. The summed E-state index contributed by atoms with van der Waals surface area (Å²) in [4.78, 5) is 49.7. The lowest BCUT2D eigenvalue weighted by Crippen LogP contribution is -2.49. The van der Waals surface area contributed by atoms with Gasteiger partial charge < -0.3 is 51.6 Å². The molecule has 2 aliphatic carbocycles. The van der Waals surface area contributed by atoms with E-state index in [1.807, 2.05) is 125 Å². The number of benzene rings is 4. The van der Waals surface area contributed by atoms with Gasteiger partial charge in [0.1, 0.15) is 0 Å². The highest BCUT2D eigenvalue weighted by Crippen LogP contribution is 2.43. The number of carbonyl (C=O) groups is 4. The quantitative estimate of drug-likeness (QED) is 0.0417. The van der Waals surface area contributed by atoms with Crippen LogP contribution in [-0.2, 0) is 31.9 Å². The van der Waals surface area contributed by atoms with E-state index in [0.29, 0.717) is 63.1 Å². The predicted octanol–water partition coefficient (Wildman–Crippen LogP) is 6.19. The maximum absolute atomic E-state index is 13.1. The number of rotatable bonds is 22. The lowest BCUT2D eigenvalue weighted by Gasteiger charge is -2.37. The molecule has 6 rings (SSSR count). The summed E-state index contributed by atoms with van der Waals surface area (Å²) in [5.41, 5.74) is 6.20. The Bertz CT molecular complexity index is 2110. The number of methoxy groups -OCH3 is 2. The zero-order chi connectivity index (χ0) is 49.4. The van der Waals surface area contributed by atoms with Crippen molar-refractivity contribution in [3.63, 3.8) is 0 Å². The molecule has 0 fully saturated rings. The molecule has 4 aromatic rings. The Kier molecular flexibility index (Phi) is 19.8. The molecular formula is C54H74N6O8. The Labute approximate surface area is 402 Å². The van der Waals surface area contributed by atoms with E-state index in [-0.39, 0.29) is 48.6 Å². The number of hydrogen-bond acceptors (Lipinski definition) is 12. The van der Waals surface area contributed by atoms with Crippen LogP contribution in [0.4, 0.5) is 11.4 Å². The van der Waals surface area contributed by atoms with E-state index in [0.717, 1.165) is 33.6 Å². The number of anilines is 2. The van der Waals surface area contributed by atoms with Gasteiger partial charge in [0, 0.05) is 99.7 Å². The summed E-state index contributed by atoms with van der Waals surface area (Å²) in [6.45, 7) is 13.9. The summed E-state index contributed by atoms with van der Waals surface area (Å²) in [5, 5.41) is 41.4. The molecule has 14 heteroatoms. The number of aliphatic hydroxyl groups is 2. The van der Waals surface area contributed by atoms with Crippen LogP contribution in [0.15, 0.2) is 97.1 Å². The highest BCUT2D eigenvalue weighted by molar-refractivity contribution is 6.03. The van der Waals surface area contributed by atoms with E-state index in [9.17, 15) is 29.4 Å². The Morgan fingerprint density at radius 3 is 1.31 bits per heavy atom. The minimum Gasteiger partial charge on any atom is -0.390 e. The first-order valence-corrected chi connectivity index (χ1v) is 23.7. The van der Waals surface area contributed by atoms with Gasteiger partial charge in [-0.1, -0.05) is 88.4 Å². The van der Waals surface area contributed by atoms with Gasteiger partial charge in [0.15, 0.2) is 11.6 Å². The smallest absolute Gasteiger partial charge is 0.217 e. The Balaban J connectivity index is 0.000000254. The molecule has 0 radical (unpaired) electrons. The van der Waals surface area contributed by atoms with Crippen LogP contribution in [0, 0.1) is 10.8 Å². The van der Waals surface area contributed by atoms with Gasteiger partial charge in [-0.25, -0.2) is 0 Å². The van der Waals surface area contributed by atoms with Gasteiger partial charge >= 0.3 is 0 Å². The van der Waals surface area contributed by atoms with Crippen LogP contribution < -0.4 is 31.9 Å². The second-order valence-corrected chi connectivity index (χ2v) is 19.3. The zero-order valence-corrected chi connectivity index (χ0v) is 41.1. The van der Waals surface area contributed by atoms with Crippen molar-refractivity contribution in [1.29, 1.82) is 0 Å². The van der Waals surface area contributed by atoms with E-state index < -0.39 is 35.1 Å². The number of carbonyl (C=O) groups excluding carboxylic acids is 4. The summed E-state index contributed by atoms with van der Waals surface area (Å²) in [7, 11) is 3.32. The van der Waals surface area contributed by atoms with Crippen molar-refractivity contribution >= 4 is 34.8 Å². The SMILES string of the molecule is COCCNc1ccc2c(c1)[C@@H](NC[C@@H](O)[C@H](Cc1ccccc1)NC(C)=O)CC(C)(C)C2=O.COCCNc1ccc2c(c1)[C@H](NC[C@@H](O)[C@H](Cc1ccccc1)NC(C)=O)CC(C)(C)C2=O. The summed E-state index contributed by atoms with van der Waals surface area (Å²) in [6.07, 6.45) is 0.713. The summed E-state index contributed by atoms with van der Waals surface area (Å²) < 4.78 is 10.2. The van der Waals surface area contributed by atoms with Crippen molar-refractivity contribution in [2.75, 3.05) is 64.2 Å². The molecule has 0 unspecified atom stereocenters. The Hall–Kier alpha value is -5.48. The van der Waals surface area contributed by atoms with Gasteiger partial charge in [0.25, 0.3) is 0 Å². The van der Waals surface area contributed by atoms with E-state index in [4.69, 9.17) is 9.47 Å². The van der Waals surface area contributed by atoms with Crippen molar-refractivity contribution in [1.82, 2.24) is 21.3 Å². The lowest BCUT2D eigenvalue weighted by atomic mass is 9.70. The van der Waals surface area contributed by atoms with Crippen molar-refractivity contribution in [2.45, 2.75) is 104 Å². The number of Topliss-reactive ketones (excluding diaryl/α,β-unsaturated/α-hetero) is 2. The Morgan fingerprint density at radius 1 is 0.603 bits per heavy atom. The van der Waals surface area contributed by atoms with Gasteiger partial charge in [-0.2, -0.15) is 0 Å². The summed E-state index contributed by atoms with van der Waals surface area (Å²) in [6, 6.07) is 30.2. The number of ketones is 2. The van der Waals surface area contributed by atoms with Crippen molar-refractivity contribution < 1.29 is 38.9 Å². The van der Waals surface area contributed by atoms with Gasteiger partial charge in [-0.15, -0.1) is 0 Å². The number of ether oxygens (including phenoxy) is 2. The van der Waals surface area contributed by atoms with Crippen LogP contribution in [-0.4, -0.2) is 111 Å². The third kappa shape index (κ3) is 15.3. The van der Waals surface area contributed by atoms with Crippen LogP contribution >= 0.6 is 0 Å². The number of fused-ring (bicyclic) bond motifs is 2. The molecule has 14 nitrogen and oxygen atoms in total. The largest absolute Gasteiger partial charge is 0.390 e. The maximum Gasteiger partial charge on any atom is 0.217 e. The average molecular weight is 935 g/mol. The molecule has 0 saturated carbocycles. The predicted molar refractivity (Wildman–Crippen MR) is 268 cm³/mol. The summed E-state index contributed by atoms with van der Waals surface area (Å²) >= 11 is 0. The van der Waals surface area contributed by atoms with Crippen LogP contribution in [0.25, 0.3) is 0 Å².